The summed E-state index contributed by atoms with van der Waals surface area (Å²) < 4.78 is 0. The summed E-state index contributed by atoms with van der Waals surface area (Å²) in [7, 11) is 1.79. The van der Waals surface area contributed by atoms with Gasteiger partial charge in [0, 0.05) is 29.9 Å². The Morgan fingerprint density at radius 1 is 1.33 bits per heavy atom. The van der Waals surface area contributed by atoms with Crippen molar-refractivity contribution >= 4 is 11.7 Å². The molecule has 6 nitrogen and oxygen atoms in total. The number of amides is 1. The maximum absolute atomic E-state index is 12.3. The Hall–Kier alpha value is -2.37. The number of H-pyrrole nitrogens is 1. The zero-order chi connectivity index (χ0) is 15.5. The molecule has 3 N–H and O–H groups in total. The maximum Gasteiger partial charge on any atom is 0.251 e. The van der Waals surface area contributed by atoms with Crippen LogP contribution in [0.4, 0.5) is 5.82 Å². The lowest BCUT2D eigenvalue weighted by atomic mass is 9.90. The van der Waals surface area contributed by atoms with E-state index in [1.807, 2.05) is 6.07 Å². The van der Waals surface area contributed by atoms with E-state index in [0.717, 1.165) is 11.4 Å². The van der Waals surface area contributed by atoms with Gasteiger partial charge in [-0.1, -0.05) is 20.8 Å². The predicted molar refractivity (Wildman–Crippen MR) is 82.2 cm³/mol. The Kier molecular flexibility index (Phi) is 4.26. The number of anilines is 1. The molecule has 2 aromatic heterocycles. The molecule has 0 atom stereocenters. The summed E-state index contributed by atoms with van der Waals surface area (Å²) in [6, 6.07) is 3.58. The number of carbonyl (C=O) groups is 1. The normalized spacial score (nSPS) is 11.2. The Balaban J connectivity index is 2.19. The first kappa shape index (κ1) is 15.0. The van der Waals surface area contributed by atoms with Crippen molar-refractivity contribution in [1.82, 2.24) is 20.3 Å². The molecular weight excluding hydrogens is 266 g/mol. The van der Waals surface area contributed by atoms with Gasteiger partial charge in [-0.2, -0.15) is 0 Å². The molecular formula is C15H21N5O. The van der Waals surface area contributed by atoms with E-state index in [0.29, 0.717) is 17.9 Å². The molecule has 2 aromatic rings. The molecule has 0 aliphatic rings. The number of aromatic nitrogens is 3. The minimum atomic E-state index is -0.131. The highest BCUT2D eigenvalue weighted by atomic mass is 16.1. The highest BCUT2D eigenvalue weighted by Crippen LogP contribution is 2.23. The summed E-state index contributed by atoms with van der Waals surface area (Å²) in [5, 5.41) is 5.86. The summed E-state index contributed by atoms with van der Waals surface area (Å²) in [5.74, 6) is 0.558. The van der Waals surface area contributed by atoms with Crippen LogP contribution in [0.2, 0.25) is 0 Å². The van der Waals surface area contributed by atoms with E-state index < -0.39 is 0 Å². The number of pyridine rings is 1. The zero-order valence-electron chi connectivity index (χ0n) is 12.8. The van der Waals surface area contributed by atoms with E-state index in [4.69, 9.17) is 0 Å². The third kappa shape index (κ3) is 3.81. The number of imidazole rings is 1. The first-order valence-electron chi connectivity index (χ1n) is 6.86. The van der Waals surface area contributed by atoms with Crippen LogP contribution in [0.15, 0.2) is 24.7 Å². The van der Waals surface area contributed by atoms with Crippen molar-refractivity contribution in [1.29, 1.82) is 0 Å². The topological polar surface area (TPSA) is 82.7 Å². The quantitative estimate of drug-likeness (QED) is 0.804. The lowest BCUT2D eigenvalue weighted by Crippen LogP contribution is -2.24. The van der Waals surface area contributed by atoms with E-state index in [9.17, 15) is 4.79 Å². The minimum absolute atomic E-state index is 0.120. The molecule has 0 saturated heterocycles. The first-order valence-corrected chi connectivity index (χ1v) is 6.86. The van der Waals surface area contributed by atoms with Gasteiger partial charge in [0.15, 0.2) is 0 Å². The van der Waals surface area contributed by atoms with Gasteiger partial charge in [-0.05, 0) is 12.1 Å². The van der Waals surface area contributed by atoms with Crippen LogP contribution >= 0.6 is 0 Å². The van der Waals surface area contributed by atoms with E-state index >= 15 is 0 Å². The van der Waals surface area contributed by atoms with Crippen LogP contribution in [0.25, 0.3) is 0 Å². The number of hydrogen-bond acceptors (Lipinski definition) is 4. The monoisotopic (exact) mass is 287 g/mol. The Labute approximate surface area is 124 Å². The fourth-order valence-corrected chi connectivity index (χ4v) is 1.83. The fourth-order valence-electron chi connectivity index (χ4n) is 1.83. The number of nitrogens with zero attached hydrogens (tertiary/aromatic N) is 2. The zero-order valence-corrected chi connectivity index (χ0v) is 12.8. The molecule has 0 aliphatic heterocycles. The third-order valence-corrected chi connectivity index (χ3v) is 3.11. The van der Waals surface area contributed by atoms with Crippen molar-refractivity contribution in [2.75, 3.05) is 12.4 Å². The number of rotatable bonds is 4. The molecule has 2 heterocycles. The van der Waals surface area contributed by atoms with Crippen molar-refractivity contribution in [3.05, 3.63) is 41.6 Å². The number of hydrogen-bond donors (Lipinski definition) is 3. The third-order valence-electron chi connectivity index (χ3n) is 3.11. The molecule has 21 heavy (non-hydrogen) atoms. The van der Waals surface area contributed by atoms with Crippen LogP contribution < -0.4 is 10.6 Å². The average Bonchev–Trinajstić information content (AvgIpc) is 2.96. The first-order chi connectivity index (χ1) is 9.90. The molecule has 0 aromatic carbocycles. The van der Waals surface area contributed by atoms with Gasteiger partial charge >= 0.3 is 0 Å². The Bertz CT molecular complexity index is 613. The Morgan fingerprint density at radius 3 is 2.67 bits per heavy atom. The smallest absolute Gasteiger partial charge is 0.251 e. The molecule has 1 amide bonds. The molecule has 0 aliphatic carbocycles. The molecule has 0 unspecified atom stereocenters. The van der Waals surface area contributed by atoms with Crippen LogP contribution in [0.3, 0.4) is 0 Å². The lowest BCUT2D eigenvalue weighted by Gasteiger charge is -2.19. The largest absolute Gasteiger partial charge is 0.373 e. The van der Waals surface area contributed by atoms with Crippen LogP contribution in [0.1, 0.15) is 42.5 Å². The maximum atomic E-state index is 12.3. The highest BCUT2D eigenvalue weighted by Gasteiger charge is 2.19. The van der Waals surface area contributed by atoms with Crippen LogP contribution in [0.5, 0.6) is 0 Å². The van der Waals surface area contributed by atoms with Crippen molar-refractivity contribution in [2.45, 2.75) is 32.7 Å². The fraction of sp³-hybridized carbons (Fsp3) is 0.400. The highest BCUT2D eigenvalue weighted by molar-refractivity contribution is 5.95. The lowest BCUT2D eigenvalue weighted by molar-refractivity contribution is 0.0950. The molecule has 0 spiro atoms. The second-order valence-electron chi connectivity index (χ2n) is 5.89. The van der Waals surface area contributed by atoms with Crippen LogP contribution in [-0.4, -0.2) is 27.9 Å². The SMILES string of the molecule is CNc1cc(C(=O)NCc2cnc[nH]2)cc(C(C)(C)C)n1. The molecule has 112 valence electrons. The molecule has 2 rings (SSSR count). The standard InChI is InChI=1S/C15H21N5O/c1-15(2,3)12-5-10(6-13(16-4)20-12)14(21)18-8-11-7-17-9-19-11/h5-7,9H,8H2,1-4H3,(H,16,20)(H,17,19)(H,18,21). The number of nitrogens with one attached hydrogen (secondary N) is 3. The van der Waals surface area contributed by atoms with Crippen molar-refractivity contribution in [2.24, 2.45) is 0 Å². The second-order valence-corrected chi connectivity index (χ2v) is 5.89. The van der Waals surface area contributed by atoms with Crippen LogP contribution in [0, 0.1) is 0 Å². The van der Waals surface area contributed by atoms with Gasteiger partial charge in [-0.25, -0.2) is 9.97 Å². The van der Waals surface area contributed by atoms with E-state index in [1.54, 1.807) is 25.6 Å². The predicted octanol–water partition coefficient (Wildman–Crippen LogP) is 2.07. The van der Waals surface area contributed by atoms with Gasteiger partial charge in [-0.3, -0.25) is 4.79 Å². The van der Waals surface area contributed by atoms with Gasteiger partial charge in [0.1, 0.15) is 5.82 Å². The van der Waals surface area contributed by atoms with Crippen molar-refractivity contribution in [3.63, 3.8) is 0 Å². The molecule has 0 radical (unpaired) electrons. The molecule has 0 saturated carbocycles. The Morgan fingerprint density at radius 2 is 2.10 bits per heavy atom. The minimum Gasteiger partial charge on any atom is -0.373 e. The van der Waals surface area contributed by atoms with Gasteiger partial charge in [0.2, 0.25) is 0 Å². The molecule has 6 heteroatoms. The van der Waals surface area contributed by atoms with E-state index in [-0.39, 0.29) is 11.3 Å². The van der Waals surface area contributed by atoms with E-state index in [2.05, 4.69) is 46.4 Å². The van der Waals surface area contributed by atoms with Gasteiger partial charge in [0.25, 0.3) is 5.91 Å². The summed E-state index contributed by atoms with van der Waals surface area (Å²) in [6.45, 7) is 6.63. The summed E-state index contributed by atoms with van der Waals surface area (Å²) >= 11 is 0. The summed E-state index contributed by atoms with van der Waals surface area (Å²) in [5.41, 5.74) is 2.22. The van der Waals surface area contributed by atoms with Gasteiger partial charge in [-0.15, -0.1) is 0 Å². The molecule has 0 fully saturated rings. The average molecular weight is 287 g/mol. The number of carbonyl (C=O) groups excluding carboxylic acids is 1. The summed E-state index contributed by atoms with van der Waals surface area (Å²) in [6.07, 6.45) is 3.27. The van der Waals surface area contributed by atoms with E-state index in [1.165, 1.54) is 0 Å². The number of aromatic amines is 1. The van der Waals surface area contributed by atoms with Crippen molar-refractivity contribution in [3.8, 4) is 0 Å². The van der Waals surface area contributed by atoms with Gasteiger partial charge < -0.3 is 15.6 Å². The van der Waals surface area contributed by atoms with Gasteiger partial charge in [0.05, 0.1) is 18.6 Å². The molecule has 0 bridgehead atoms. The summed E-state index contributed by atoms with van der Waals surface area (Å²) in [4.78, 5) is 23.7. The van der Waals surface area contributed by atoms with Crippen LogP contribution in [-0.2, 0) is 12.0 Å². The van der Waals surface area contributed by atoms with Crippen molar-refractivity contribution < 1.29 is 4.79 Å². The second kappa shape index (κ2) is 5.95.